The Bertz CT molecular complexity index is 330. The zero-order chi connectivity index (χ0) is 14.0. The molecule has 4 heteroatoms. The Morgan fingerprint density at radius 2 is 1.72 bits per heavy atom. The highest BCUT2D eigenvalue weighted by Gasteiger charge is 2.38. The van der Waals surface area contributed by atoms with Gasteiger partial charge >= 0.3 is 5.97 Å². The molecule has 0 aliphatic heterocycles. The summed E-state index contributed by atoms with van der Waals surface area (Å²) in [6, 6.07) is 0. The van der Waals surface area contributed by atoms with E-state index in [1.165, 1.54) is 12.8 Å². The van der Waals surface area contributed by atoms with E-state index in [-0.39, 0.29) is 24.2 Å². The highest BCUT2D eigenvalue weighted by Crippen LogP contribution is 2.44. The molecule has 0 aromatic rings. The summed E-state index contributed by atoms with van der Waals surface area (Å²) in [4.78, 5) is 22.5. The topological polar surface area (TPSA) is 66.4 Å². The molecule has 1 aliphatic carbocycles. The molecule has 1 rings (SSSR count). The molecule has 0 unspecified atom stereocenters. The summed E-state index contributed by atoms with van der Waals surface area (Å²) < 4.78 is 0. The first-order chi connectivity index (χ1) is 8.12. The summed E-state index contributed by atoms with van der Waals surface area (Å²) >= 11 is 0. The minimum absolute atomic E-state index is 0.0203. The van der Waals surface area contributed by atoms with Gasteiger partial charge in [0.2, 0.25) is 5.91 Å². The number of rotatable bonds is 7. The van der Waals surface area contributed by atoms with Crippen LogP contribution >= 0.6 is 0 Å². The van der Waals surface area contributed by atoms with Crippen LogP contribution in [0.2, 0.25) is 0 Å². The van der Waals surface area contributed by atoms with Crippen LogP contribution in [0.1, 0.15) is 53.4 Å². The largest absolute Gasteiger partial charge is 0.481 e. The van der Waals surface area contributed by atoms with E-state index >= 15 is 0 Å². The fourth-order valence-electron chi connectivity index (χ4n) is 2.30. The molecule has 104 valence electrons. The summed E-state index contributed by atoms with van der Waals surface area (Å²) in [5.41, 5.74) is -0.327. The van der Waals surface area contributed by atoms with Gasteiger partial charge in [0.05, 0.1) is 6.42 Å². The van der Waals surface area contributed by atoms with Gasteiger partial charge in [-0.15, -0.1) is 0 Å². The van der Waals surface area contributed by atoms with Crippen LogP contribution in [0.5, 0.6) is 0 Å². The van der Waals surface area contributed by atoms with E-state index in [4.69, 9.17) is 5.11 Å². The van der Waals surface area contributed by atoms with Crippen molar-refractivity contribution in [2.45, 2.75) is 53.4 Å². The van der Waals surface area contributed by atoms with E-state index in [2.05, 4.69) is 19.2 Å². The van der Waals surface area contributed by atoms with E-state index in [1.807, 2.05) is 13.8 Å². The summed E-state index contributed by atoms with van der Waals surface area (Å²) in [5.74, 6) is -0.175. The summed E-state index contributed by atoms with van der Waals surface area (Å²) in [6.45, 7) is 8.65. The van der Waals surface area contributed by atoms with E-state index in [9.17, 15) is 9.59 Å². The third-order valence-electron chi connectivity index (χ3n) is 3.69. The molecular formula is C14H25NO3. The third-order valence-corrected chi connectivity index (χ3v) is 3.69. The van der Waals surface area contributed by atoms with Gasteiger partial charge in [-0.3, -0.25) is 9.59 Å². The van der Waals surface area contributed by atoms with Crippen molar-refractivity contribution >= 4 is 11.9 Å². The van der Waals surface area contributed by atoms with Gasteiger partial charge in [-0.25, -0.2) is 0 Å². The molecule has 0 radical (unpaired) electrons. The normalized spacial score (nSPS) is 16.4. The second-order valence-electron chi connectivity index (χ2n) is 6.95. The van der Waals surface area contributed by atoms with Crippen LogP contribution in [-0.2, 0) is 9.59 Å². The van der Waals surface area contributed by atoms with Crippen molar-refractivity contribution in [3.63, 3.8) is 0 Å². The summed E-state index contributed by atoms with van der Waals surface area (Å²) in [6.07, 6.45) is 2.80. The SMILES string of the molecule is CC(C)(CC(=O)O)CC(=O)NCC(C)(C)C1CC1. The van der Waals surface area contributed by atoms with Gasteiger partial charge in [0.25, 0.3) is 0 Å². The van der Waals surface area contributed by atoms with E-state index in [0.717, 1.165) is 5.92 Å². The van der Waals surface area contributed by atoms with Crippen LogP contribution in [0.3, 0.4) is 0 Å². The molecule has 0 aromatic heterocycles. The number of carbonyl (C=O) groups is 2. The molecule has 1 aliphatic rings. The van der Waals surface area contributed by atoms with Crippen molar-refractivity contribution < 1.29 is 14.7 Å². The van der Waals surface area contributed by atoms with Gasteiger partial charge < -0.3 is 10.4 Å². The van der Waals surface area contributed by atoms with Crippen molar-refractivity contribution in [1.82, 2.24) is 5.32 Å². The smallest absolute Gasteiger partial charge is 0.303 e. The molecule has 0 aromatic carbocycles. The number of hydrogen-bond donors (Lipinski definition) is 2. The highest BCUT2D eigenvalue weighted by atomic mass is 16.4. The van der Waals surface area contributed by atoms with Crippen LogP contribution in [0, 0.1) is 16.7 Å². The first-order valence-electron chi connectivity index (χ1n) is 6.61. The third kappa shape index (κ3) is 5.07. The number of nitrogens with one attached hydrogen (secondary N) is 1. The zero-order valence-electron chi connectivity index (χ0n) is 11.9. The second-order valence-corrected chi connectivity index (χ2v) is 6.95. The van der Waals surface area contributed by atoms with Crippen molar-refractivity contribution in [3.05, 3.63) is 0 Å². The van der Waals surface area contributed by atoms with Gasteiger partial charge in [-0.1, -0.05) is 27.7 Å². The number of carboxylic acid groups (broad SMARTS) is 1. The van der Waals surface area contributed by atoms with Crippen LogP contribution in [0.25, 0.3) is 0 Å². The monoisotopic (exact) mass is 255 g/mol. The lowest BCUT2D eigenvalue weighted by Gasteiger charge is -2.26. The Hall–Kier alpha value is -1.06. The first-order valence-corrected chi connectivity index (χ1v) is 6.61. The van der Waals surface area contributed by atoms with Crippen LogP contribution in [0.4, 0.5) is 0 Å². The number of carbonyl (C=O) groups excluding carboxylic acids is 1. The molecule has 2 N–H and O–H groups in total. The molecule has 1 amide bonds. The average Bonchev–Trinajstić information content (AvgIpc) is 2.94. The Balaban J connectivity index is 2.34. The number of aliphatic carboxylic acids is 1. The molecular weight excluding hydrogens is 230 g/mol. The molecule has 1 saturated carbocycles. The van der Waals surface area contributed by atoms with E-state index in [0.29, 0.717) is 6.54 Å². The standard InChI is InChI=1S/C14H25NO3/c1-13(2,8-12(17)18)7-11(16)15-9-14(3,4)10-5-6-10/h10H,5-9H2,1-4H3,(H,15,16)(H,17,18). The maximum Gasteiger partial charge on any atom is 0.303 e. The molecule has 0 spiro atoms. The van der Waals surface area contributed by atoms with Crippen LogP contribution in [0.15, 0.2) is 0 Å². The molecule has 1 fully saturated rings. The van der Waals surface area contributed by atoms with Crippen molar-refractivity contribution in [2.75, 3.05) is 6.54 Å². The van der Waals surface area contributed by atoms with Crippen LogP contribution < -0.4 is 5.32 Å². The Morgan fingerprint density at radius 3 is 2.17 bits per heavy atom. The number of amides is 1. The van der Waals surface area contributed by atoms with E-state index in [1.54, 1.807) is 0 Å². The fourth-order valence-corrected chi connectivity index (χ4v) is 2.30. The number of hydrogen-bond acceptors (Lipinski definition) is 2. The van der Waals surface area contributed by atoms with Crippen LogP contribution in [-0.4, -0.2) is 23.5 Å². The highest BCUT2D eigenvalue weighted by molar-refractivity contribution is 5.77. The minimum atomic E-state index is -0.855. The van der Waals surface area contributed by atoms with Gasteiger partial charge in [-0.2, -0.15) is 0 Å². The Kier molecular flexibility index (Phi) is 4.41. The second kappa shape index (κ2) is 5.29. The lowest BCUT2D eigenvalue weighted by Crippen LogP contribution is -2.37. The molecule has 0 saturated heterocycles. The lowest BCUT2D eigenvalue weighted by molar-refractivity contribution is -0.139. The van der Waals surface area contributed by atoms with Crippen molar-refractivity contribution in [1.29, 1.82) is 0 Å². The van der Waals surface area contributed by atoms with Gasteiger partial charge in [-0.05, 0) is 29.6 Å². The predicted octanol–water partition coefficient (Wildman–Crippen LogP) is 2.43. The average molecular weight is 255 g/mol. The summed E-state index contributed by atoms with van der Waals surface area (Å²) in [7, 11) is 0. The first kappa shape index (κ1) is 15.0. The van der Waals surface area contributed by atoms with Crippen molar-refractivity contribution in [2.24, 2.45) is 16.7 Å². The molecule has 0 atom stereocenters. The number of carboxylic acids is 1. The molecule has 4 nitrogen and oxygen atoms in total. The van der Waals surface area contributed by atoms with Crippen molar-refractivity contribution in [3.8, 4) is 0 Å². The Morgan fingerprint density at radius 1 is 1.17 bits per heavy atom. The minimum Gasteiger partial charge on any atom is -0.481 e. The zero-order valence-corrected chi connectivity index (χ0v) is 11.9. The fraction of sp³-hybridized carbons (Fsp3) is 0.857. The quantitative estimate of drug-likeness (QED) is 0.734. The Labute approximate surface area is 109 Å². The molecule has 0 bridgehead atoms. The van der Waals surface area contributed by atoms with Gasteiger partial charge in [0.1, 0.15) is 0 Å². The molecule has 18 heavy (non-hydrogen) atoms. The molecule has 0 heterocycles. The van der Waals surface area contributed by atoms with Gasteiger partial charge in [0.15, 0.2) is 0 Å². The van der Waals surface area contributed by atoms with E-state index < -0.39 is 11.4 Å². The summed E-state index contributed by atoms with van der Waals surface area (Å²) in [5, 5.41) is 11.7. The van der Waals surface area contributed by atoms with Gasteiger partial charge in [0, 0.05) is 13.0 Å². The lowest BCUT2D eigenvalue weighted by atomic mass is 9.84. The predicted molar refractivity (Wildman–Crippen MR) is 70.2 cm³/mol. The maximum absolute atomic E-state index is 11.8. The maximum atomic E-state index is 11.8.